The van der Waals surface area contributed by atoms with E-state index < -0.39 is 0 Å². The Labute approximate surface area is 120 Å². The SMILES string of the molecule is CCCCCCCCCCCCN1CCCC1C#N. The number of likely N-dealkylation sites (tertiary alicyclic amines) is 1. The largest absolute Gasteiger partial charge is 0.288 e. The Kier molecular flexibility index (Phi) is 9.81. The van der Waals surface area contributed by atoms with Gasteiger partial charge in [0.05, 0.1) is 12.1 Å². The van der Waals surface area contributed by atoms with Gasteiger partial charge in [-0.15, -0.1) is 0 Å². The van der Waals surface area contributed by atoms with Crippen molar-refractivity contribution in [3.63, 3.8) is 0 Å². The molecule has 0 saturated carbocycles. The Morgan fingerprint density at radius 2 is 1.53 bits per heavy atom. The topological polar surface area (TPSA) is 27.0 Å². The molecule has 0 N–H and O–H groups in total. The Hall–Kier alpha value is -0.550. The van der Waals surface area contributed by atoms with Crippen LogP contribution >= 0.6 is 0 Å². The zero-order valence-electron chi connectivity index (χ0n) is 12.9. The summed E-state index contributed by atoms with van der Waals surface area (Å²) in [5.41, 5.74) is 0. The van der Waals surface area contributed by atoms with Crippen LogP contribution in [0, 0.1) is 11.3 Å². The Bertz CT molecular complexity index is 244. The fraction of sp³-hybridized carbons (Fsp3) is 0.941. The molecule has 0 amide bonds. The summed E-state index contributed by atoms with van der Waals surface area (Å²) in [7, 11) is 0. The molecule has 0 aliphatic carbocycles. The molecule has 1 heterocycles. The van der Waals surface area contributed by atoms with Gasteiger partial charge in [0, 0.05) is 0 Å². The van der Waals surface area contributed by atoms with E-state index in [0.29, 0.717) is 0 Å². The van der Waals surface area contributed by atoms with Crippen LogP contribution in [0.2, 0.25) is 0 Å². The first-order chi connectivity index (χ1) is 9.38. The van der Waals surface area contributed by atoms with Gasteiger partial charge >= 0.3 is 0 Å². The molecule has 1 atom stereocenters. The van der Waals surface area contributed by atoms with Gasteiger partial charge in [0.15, 0.2) is 0 Å². The molecule has 0 bridgehead atoms. The minimum atomic E-state index is 0.221. The third-order valence-electron chi connectivity index (χ3n) is 4.31. The van der Waals surface area contributed by atoms with Crippen LogP contribution in [0.1, 0.15) is 84.0 Å². The first-order valence-electron chi connectivity index (χ1n) is 8.52. The second-order valence-corrected chi connectivity index (χ2v) is 6.01. The van der Waals surface area contributed by atoms with Crippen molar-refractivity contribution in [3.05, 3.63) is 0 Å². The average Bonchev–Trinajstić information content (AvgIpc) is 2.88. The van der Waals surface area contributed by atoms with Crippen molar-refractivity contribution in [1.82, 2.24) is 4.90 Å². The molecule has 0 aromatic carbocycles. The normalized spacial score (nSPS) is 19.7. The summed E-state index contributed by atoms with van der Waals surface area (Å²) >= 11 is 0. The summed E-state index contributed by atoms with van der Waals surface area (Å²) in [6.45, 7) is 4.57. The minimum absolute atomic E-state index is 0.221. The molecule has 2 heteroatoms. The first kappa shape index (κ1) is 16.5. The smallest absolute Gasteiger partial charge is 0.0978 e. The molecule has 0 aromatic heterocycles. The van der Waals surface area contributed by atoms with E-state index in [4.69, 9.17) is 5.26 Å². The van der Waals surface area contributed by atoms with Gasteiger partial charge < -0.3 is 0 Å². The molecule has 0 radical (unpaired) electrons. The van der Waals surface area contributed by atoms with E-state index in [1.807, 2.05) is 0 Å². The fourth-order valence-electron chi connectivity index (χ4n) is 3.04. The van der Waals surface area contributed by atoms with Crippen molar-refractivity contribution in [1.29, 1.82) is 5.26 Å². The van der Waals surface area contributed by atoms with Crippen molar-refractivity contribution < 1.29 is 0 Å². The lowest BCUT2D eigenvalue weighted by molar-refractivity contribution is 0.286. The molecular formula is C17H32N2. The van der Waals surface area contributed by atoms with Crippen LogP contribution in [0.4, 0.5) is 0 Å². The molecule has 1 rings (SSSR count). The van der Waals surface area contributed by atoms with Crippen molar-refractivity contribution in [2.24, 2.45) is 0 Å². The van der Waals surface area contributed by atoms with Gasteiger partial charge in [-0.05, 0) is 32.4 Å². The Morgan fingerprint density at radius 3 is 2.11 bits per heavy atom. The first-order valence-corrected chi connectivity index (χ1v) is 8.52. The summed E-state index contributed by atoms with van der Waals surface area (Å²) in [6.07, 6.45) is 16.2. The number of nitriles is 1. The van der Waals surface area contributed by atoms with Crippen LogP contribution in [-0.4, -0.2) is 24.0 Å². The number of unbranched alkanes of at least 4 members (excludes halogenated alkanes) is 9. The van der Waals surface area contributed by atoms with E-state index in [0.717, 1.165) is 19.5 Å². The van der Waals surface area contributed by atoms with Crippen LogP contribution in [0.25, 0.3) is 0 Å². The zero-order valence-corrected chi connectivity index (χ0v) is 12.9. The third-order valence-corrected chi connectivity index (χ3v) is 4.31. The van der Waals surface area contributed by atoms with Crippen molar-refractivity contribution in [2.45, 2.75) is 90.0 Å². The molecule has 1 fully saturated rings. The summed E-state index contributed by atoms with van der Waals surface area (Å²) in [6, 6.07) is 2.65. The summed E-state index contributed by atoms with van der Waals surface area (Å²) in [4.78, 5) is 2.38. The van der Waals surface area contributed by atoms with Crippen LogP contribution in [0.3, 0.4) is 0 Å². The van der Waals surface area contributed by atoms with Gasteiger partial charge in [-0.1, -0.05) is 64.7 Å². The highest BCUT2D eigenvalue weighted by Gasteiger charge is 2.22. The molecule has 1 unspecified atom stereocenters. The molecule has 0 aromatic rings. The number of hydrogen-bond acceptors (Lipinski definition) is 2. The molecule has 1 saturated heterocycles. The van der Waals surface area contributed by atoms with Gasteiger partial charge in [-0.2, -0.15) is 5.26 Å². The molecule has 0 spiro atoms. The maximum absolute atomic E-state index is 9.01. The summed E-state index contributed by atoms with van der Waals surface area (Å²) in [5.74, 6) is 0. The zero-order chi connectivity index (χ0) is 13.8. The third kappa shape index (κ3) is 7.57. The molecule has 110 valence electrons. The molecule has 1 aliphatic rings. The molecule has 19 heavy (non-hydrogen) atoms. The monoisotopic (exact) mass is 264 g/mol. The predicted molar refractivity (Wildman–Crippen MR) is 82.1 cm³/mol. The highest BCUT2D eigenvalue weighted by atomic mass is 15.2. The highest BCUT2D eigenvalue weighted by Crippen LogP contribution is 2.17. The fourth-order valence-corrected chi connectivity index (χ4v) is 3.04. The van der Waals surface area contributed by atoms with Gasteiger partial charge in [-0.3, -0.25) is 4.90 Å². The van der Waals surface area contributed by atoms with E-state index in [-0.39, 0.29) is 6.04 Å². The highest BCUT2D eigenvalue weighted by molar-refractivity contribution is 4.95. The summed E-state index contributed by atoms with van der Waals surface area (Å²) < 4.78 is 0. The lowest BCUT2D eigenvalue weighted by Gasteiger charge is -2.18. The predicted octanol–water partition coefficient (Wildman–Crippen LogP) is 4.90. The molecule has 2 nitrogen and oxygen atoms in total. The van der Waals surface area contributed by atoms with Gasteiger partial charge in [-0.25, -0.2) is 0 Å². The average molecular weight is 264 g/mol. The number of nitrogens with zero attached hydrogens (tertiary/aromatic N) is 2. The van der Waals surface area contributed by atoms with Crippen molar-refractivity contribution >= 4 is 0 Å². The van der Waals surface area contributed by atoms with Crippen LogP contribution in [0.5, 0.6) is 0 Å². The van der Waals surface area contributed by atoms with Crippen LogP contribution in [0.15, 0.2) is 0 Å². The Morgan fingerprint density at radius 1 is 0.947 bits per heavy atom. The molecular weight excluding hydrogens is 232 g/mol. The van der Waals surface area contributed by atoms with E-state index in [2.05, 4.69) is 17.9 Å². The standard InChI is InChI=1S/C17H32N2/c1-2-3-4-5-6-7-8-9-10-11-14-19-15-12-13-17(19)16-18/h17H,2-15H2,1H3. The van der Waals surface area contributed by atoms with Gasteiger partial charge in [0.25, 0.3) is 0 Å². The van der Waals surface area contributed by atoms with Crippen molar-refractivity contribution in [3.8, 4) is 6.07 Å². The lowest BCUT2D eigenvalue weighted by atomic mass is 10.1. The van der Waals surface area contributed by atoms with Crippen LogP contribution in [-0.2, 0) is 0 Å². The lowest BCUT2D eigenvalue weighted by Crippen LogP contribution is -2.28. The maximum Gasteiger partial charge on any atom is 0.0978 e. The second-order valence-electron chi connectivity index (χ2n) is 6.01. The van der Waals surface area contributed by atoms with E-state index in [1.54, 1.807) is 0 Å². The number of rotatable bonds is 11. The van der Waals surface area contributed by atoms with E-state index >= 15 is 0 Å². The van der Waals surface area contributed by atoms with Gasteiger partial charge in [0.1, 0.15) is 0 Å². The van der Waals surface area contributed by atoms with E-state index in [9.17, 15) is 0 Å². The minimum Gasteiger partial charge on any atom is -0.288 e. The van der Waals surface area contributed by atoms with E-state index in [1.165, 1.54) is 70.6 Å². The summed E-state index contributed by atoms with van der Waals surface area (Å²) in [5, 5.41) is 9.01. The quantitative estimate of drug-likeness (QED) is 0.496. The number of hydrogen-bond donors (Lipinski definition) is 0. The van der Waals surface area contributed by atoms with Gasteiger partial charge in [0.2, 0.25) is 0 Å². The maximum atomic E-state index is 9.01. The second kappa shape index (κ2) is 11.3. The van der Waals surface area contributed by atoms with Crippen LogP contribution < -0.4 is 0 Å². The Balaban J connectivity index is 1.82. The molecule has 1 aliphatic heterocycles. The van der Waals surface area contributed by atoms with Crippen molar-refractivity contribution in [2.75, 3.05) is 13.1 Å².